The molecule has 20 heavy (non-hydrogen) atoms. The summed E-state index contributed by atoms with van der Waals surface area (Å²) in [5, 5.41) is 0.0415. The third kappa shape index (κ3) is 4.49. The Labute approximate surface area is 122 Å². The molecule has 3 nitrogen and oxygen atoms in total. The van der Waals surface area contributed by atoms with Crippen LogP contribution >= 0.6 is 11.8 Å². The molecule has 3 atom stereocenters. The largest absolute Gasteiger partial charge is 0.448 e. The van der Waals surface area contributed by atoms with Crippen LogP contribution in [-0.2, 0) is 20.9 Å². The quantitative estimate of drug-likeness (QED) is 0.782. The maximum atomic E-state index is 13.6. The van der Waals surface area contributed by atoms with E-state index >= 15 is 0 Å². The highest BCUT2D eigenvalue weighted by Crippen LogP contribution is 2.37. The Bertz CT molecular complexity index is 449. The zero-order valence-corrected chi connectivity index (χ0v) is 12.5. The topological polar surface area (TPSA) is 35.5 Å². The van der Waals surface area contributed by atoms with Crippen molar-refractivity contribution in [2.24, 2.45) is 0 Å². The van der Waals surface area contributed by atoms with Gasteiger partial charge < -0.3 is 9.47 Å². The fraction of sp³-hybridized carbons (Fsp3) is 0.533. The van der Waals surface area contributed by atoms with Crippen molar-refractivity contribution in [2.45, 2.75) is 43.7 Å². The molecule has 0 saturated carbocycles. The lowest BCUT2D eigenvalue weighted by molar-refractivity contribution is -0.144. The van der Waals surface area contributed by atoms with Crippen molar-refractivity contribution in [2.75, 3.05) is 6.61 Å². The van der Waals surface area contributed by atoms with Gasteiger partial charge in [-0.3, -0.25) is 4.79 Å². The van der Waals surface area contributed by atoms with Gasteiger partial charge in [0.15, 0.2) is 5.44 Å². The number of halogens is 1. The maximum Gasteiger partial charge on any atom is 0.303 e. The van der Waals surface area contributed by atoms with Crippen LogP contribution in [0.25, 0.3) is 0 Å². The van der Waals surface area contributed by atoms with E-state index in [2.05, 4.69) is 0 Å². The molecule has 5 heteroatoms. The molecule has 1 aromatic rings. The number of rotatable bonds is 5. The molecule has 110 valence electrons. The first-order valence-electron chi connectivity index (χ1n) is 6.64. The molecule has 0 bridgehead atoms. The molecule has 3 unspecified atom stereocenters. The molecule has 1 aromatic carbocycles. The van der Waals surface area contributed by atoms with Crippen LogP contribution in [0.5, 0.6) is 0 Å². The Morgan fingerprint density at radius 3 is 2.75 bits per heavy atom. The number of benzene rings is 1. The van der Waals surface area contributed by atoms with Gasteiger partial charge in [0.05, 0.1) is 13.2 Å². The summed E-state index contributed by atoms with van der Waals surface area (Å²) >= 11 is 1.34. The van der Waals surface area contributed by atoms with Gasteiger partial charge in [0, 0.05) is 12.2 Å². The number of aryl methyl sites for hydroxylation is 1. The lowest BCUT2D eigenvalue weighted by atomic mass is 10.2. The molecule has 0 N–H and O–H groups in total. The number of esters is 1. The third-order valence-corrected chi connectivity index (χ3v) is 4.46. The average molecular weight is 298 g/mol. The van der Waals surface area contributed by atoms with Crippen molar-refractivity contribution in [3.8, 4) is 0 Å². The van der Waals surface area contributed by atoms with Gasteiger partial charge in [-0.25, -0.2) is 4.39 Å². The number of ether oxygens (including phenoxy) is 2. The van der Waals surface area contributed by atoms with Crippen LogP contribution in [0.2, 0.25) is 0 Å². The van der Waals surface area contributed by atoms with Crippen LogP contribution in [0.4, 0.5) is 4.39 Å². The predicted octanol–water partition coefficient (Wildman–Crippen LogP) is 3.24. The molecule has 1 aliphatic heterocycles. The van der Waals surface area contributed by atoms with Gasteiger partial charge in [0.1, 0.15) is 6.17 Å². The molecule has 1 heterocycles. The van der Waals surface area contributed by atoms with E-state index in [-0.39, 0.29) is 5.25 Å². The molecule has 0 radical (unpaired) electrons. The van der Waals surface area contributed by atoms with Gasteiger partial charge in [0.2, 0.25) is 0 Å². The Balaban J connectivity index is 1.72. The molecule has 0 spiro atoms. The molecule has 0 aliphatic carbocycles. The lowest BCUT2D eigenvalue weighted by Crippen LogP contribution is -2.18. The summed E-state index contributed by atoms with van der Waals surface area (Å²) in [6.07, 6.45) is -0.729. The maximum absolute atomic E-state index is 13.6. The average Bonchev–Trinajstić information content (AvgIpc) is 2.72. The van der Waals surface area contributed by atoms with E-state index in [1.54, 1.807) is 0 Å². The minimum Gasteiger partial charge on any atom is -0.448 e. The van der Waals surface area contributed by atoms with Crippen LogP contribution < -0.4 is 0 Å². The molecular weight excluding hydrogens is 279 g/mol. The minimum absolute atomic E-state index is 0.0415. The summed E-state index contributed by atoms with van der Waals surface area (Å²) in [6.45, 7) is 4.33. The summed E-state index contributed by atoms with van der Waals surface area (Å²) in [6, 6.07) is 8.13. The lowest BCUT2D eigenvalue weighted by Gasteiger charge is -2.12. The highest BCUT2D eigenvalue weighted by Gasteiger charge is 2.37. The minimum atomic E-state index is -1.10. The van der Waals surface area contributed by atoms with Crippen LogP contribution in [0.1, 0.15) is 24.5 Å². The Hall–Kier alpha value is -1.07. The van der Waals surface area contributed by atoms with Crippen LogP contribution in [0.15, 0.2) is 24.3 Å². The van der Waals surface area contributed by atoms with Crippen molar-refractivity contribution >= 4 is 17.7 Å². The number of carbonyl (C=O) groups is 1. The first-order valence-corrected chi connectivity index (χ1v) is 7.59. The van der Waals surface area contributed by atoms with Gasteiger partial charge >= 0.3 is 5.97 Å². The fourth-order valence-electron chi connectivity index (χ4n) is 2.06. The Kier molecular flexibility index (Phi) is 5.43. The zero-order chi connectivity index (χ0) is 14.5. The summed E-state index contributed by atoms with van der Waals surface area (Å²) in [7, 11) is 0. The van der Waals surface area contributed by atoms with Gasteiger partial charge in [-0.05, 0) is 18.9 Å². The highest BCUT2D eigenvalue weighted by molar-refractivity contribution is 8.00. The smallest absolute Gasteiger partial charge is 0.303 e. The number of alkyl halides is 1. The summed E-state index contributed by atoms with van der Waals surface area (Å²) in [5.41, 5.74) is 1.64. The molecule has 2 rings (SSSR count). The standard InChI is InChI=1S/C15H19FO3S/c1-10-3-5-12(6-4-10)8-18-9-13-7-14(16)15(20-13)19-11(2)17/h3-6,13-15H,7-9H2,1-2H3. The fourth-order valence-corrected chi connectivity index (χ4v) is 3.38. The van der Waals surface area contributed by atoms with Crippen molar-refractivity contribution in [3.05, 3.63) is 35.4 Å². The molecule has 1 saturated heterocycles. The second-order valence-corrected chi connectivity index (χ2v) is 6.39. The Morgan fingerprint density at radius 1 is 1.40 bits per heavy atom. The summed E-state index contributed by atoms with van der Waals surface area (Å²) < 4.78 is 24.2. The second kappa shape index (κ2) is 7.09. The van der Waals surface area contributed by atoms with Crippen molar-refractivity contribution in [3.63, 3.8) is 0 Å². The zero-order valence-electron chi connectivity index (χ0n) is 11.7. The molecule has 1 fully saturated rings. The SMILES string of the molecule is CC(=O)OC1SC(COCc2ccc(C)cc2)CC1F. The van der Waals surface area contributed by atoms with Crippen molar-refractivity contribution in [1.29, 1.82) is 0 Å². The van der Waals surface area contributed by atoms with Gasteiger partial charge in [0.25, 0.3) is 0 Å². The Morgan fingerprint density at radius 2 is 2.10 bits per heavy atom. The second-order valence-electron chi connectivity index (χ2n) is 4.99. The molecule has 1 aliphatic rings. The van der Waals surface area contributed by atoms with Crippen molar-refractivity contribution < 1.29 is 18.7 Å². The number of thioether (sulfide) groups is 1. The first-order chi connectivity index (χ1) is 9.54. The van der Waals surface area contributed by atoms with E-state index in [1.807, 2.05) is 31.2 Å². The summed E-state index contributed by atoms with van der Waals surface area (Å²) in [4.78, 5) is 10.8. The number of carbonyl (C=O) groups excluding carboxylic acids is 1. The monoisotopic (exact) mass is 298 g/mol. The van der Waals surface area contributed by atoms with E-state index in [0.717, 1.165) is 5.56 Å². The highest BCUT2D eigenvalue weighted by atomic mass is 32.2. The van der Waals surface area contributed by atoms with Crippen LogP contribution in [0, 0.1) is 6.92 Å². The van der Waals surface area contributed by atoms with E-state index in [4.69, 9.17) is 9.47 Å². The number of hydrogen-bond acceptors (Lipinski definition) is 4. The van der Waals surface area contributed by atoms with E-state index in [9.17, 15) is 9.18 Å². The number of hydrogen-bond donors (Lipinski definition) is 0. The van der Waals surface area contributed by atoms with Gasteiger partial charge in [-0.2, -0.15) is 0 Å². The van der Waals surface area contributed by atoms with Gasteiger partial charge in [-0.1, -0.05) is 29.8 Å². The predicted molar refractivity (Wildman–Crippen MR) is 77.3 cm³/mol. The molecule has 0 aromatic heterocycles. The first kappa shape index (κ1) is 15.3. The van der Waals surface area contributed by atoms with E-state index in [0.29, 0.717) is 19.6 Å². The van der Waals surface area contributed by atoms with Crippen LogP contribution in [0.3, 0.4) is 0 Å². The van der Waals surface area contributed by atoms with E-state index < -0.39 is 17.6 Å². The van der Waals surface area contributed by atoms with Gasteiger partial charge in [-0.15, -0.1) is 11.8 Å². The molecule has 0 amide bonds. The molecular formula is C15H19FO3S. The normalized spacial score (nSPS) is 25.6. The van der Waals surface area contributed by atoms with Crippen molar-refractivity contribution in [1.82, 2.24) is 0 Å². The third-order valence-electron chi connectivity index (χ3n) is 3.09. The van der Waals surface area contributed by atoms with E-state index in [1.165, 1.54) is 24.2 Å². The van der Waals surface area contributed by atoms with Crippen LogP contribution in [-0.4, -0.2) is 29.4 Å². The summed E-state index contributed by atoms with van der Waals surface area (Å²) in [5.74, 6) is -0.439.